The van der Waals surface area contributed by atoms with Crippen molar-refractivity contribution in [3.8, 4) is 0 Å². The SMILES string of the molecule is CCCCCCCCCCCC[N+](CCCCCCCCCCCC)(CCCCCCCCCCCC)C(OC)c1ccccc1. The van der Waals surface area contributed by atoms with E-state index in [1.807, 2.05) is 7.11 Å². The van der Waals surface area contributed by atoms with Crippen molar-refractivity contribution in [2.75, 3.05) is 26.7 Å². The summed E-state index contributed by atoms with van der Waals surface area (Å²) in [6, 6.07) is 11.3. The van der Waals surface area contributed by atoms with Crippen molar-refractivity contribution in [3.05, 3.63) is 35.9 Å². The Balaban J connectivity index is 2.75. The summed E-state index contributed by atoms with van der Waals surface area (Å²) in [5, 5.41) is 0. The summed E-state index contributed by atoms with van der Waals surface area (Å²) in [7, 11) is 1.99. The molecular weight excluding hydrogens is 558 g/mol. The Bertz CT molecular complexity index is 658. The summed E-state index contributed by atoms with van der Waals surface area (Å²) in [6.07, 6.45) is 42.4. The van der Waals surface area contributed by atoms with Crippen LogP contribution in [0, 0.1) is 0 Å². The van der Waals surface area contributed by atoms with Gasteiger partial charge in [-0.05, 0) is 38.5 Å². The Morgan fingerprint density at radius 3 is 0.913 bits per heavy atom. The van der Waals surface area contributed by atoms with Gasteiger partial charge in [-0.2, -0.15) is 0 Å². The van der Waals surface area contributed by atoms with E-state index in [1.54, 1.807) is 0 Å². The van der Waals surface area contributed by atoms with Gasteiger partial charge in [0.05, 0.1) is 19.6 Å². The number of unbranched alkanes of at least 4 members (excludes halogenated alkanes) is 27. The van der Waals surface area contributed by atoms with Crippen molar-refractivity contribution >= 4 is 0 Å². The van der Waals surface area contributed by atoms with Crippen molar-refractivity contribution < 1.29 is 9.22 Å². The molecule has 0 aromatic heterocycles. The summed E-state index contributed by atoms with van der Waals surface area (Å²) in [5.41, 5.74) is 1.39. The average molecular weight is 643 g/mol. The van der Waals surface area contributed by atoms with E-state index in [0.717, 1.165) is 4.48 Å². The molecule has 0 bridgehead atoms. The number of hydrogen-bond acceptors (Lipinski definition) is 1. The summed E-state index contributed by atoms with van der Waals surface area (Å²) >= 11 is 0. The summed E-state index contributed by atoms with van der Waals surface area (Å²) in [6.45, 7) is 10.8. The van der Waals surface area contributed by atoms with Crippen molar-refractivity contribution in [3.63, 3.8) is 0 Å². The molecule has 1 aromatic rings. The minimum Gasteiger partial charge on any atom is -0.329 e. The molecule has 0 aliphatic heterocycles. The Morgan fingerprint density at radius 1 is 0.391 bits per heavy atom. The summed E-state index contributed by atoms with van der Waals surface area (Å²) < 4.78 is 7.65. The molecule has 1 unspecified atom stereocenters. The minimum absolute atomic E-state index is 0.164. The normalized spacial score (nSPS) is 12.6. The molecule has 1 atom stereocenters. The molecule has 0 saturated heterocycles. The van der Waals surface area contributed by atoms with Gasteiger partial charge in [-0.1, -0.05) is 205 Å². The lowest BCUT2D eigenvalue weighted by Gasteiger charge is -2.44. The third-order valence-corrected chi connectivity index (χ3v) is 10.7. The van der Waals surface area contributed by atoms with Crippen LogP contribution in [0.15, 0.2) is 30.3 Å². The molecule has 46 heavy (non-hydrogen) atoms. The van der Waals surface area contributed by atoms with E-state index >= 15 is 0 Å². The van der Waals surface area contributed by atoms with Gasteiger partial charge < -0.3 is 4.74 Å². The van der Waals surface area contributed by atoms with Crippen LogP contribution in [0.2, 0.25) is 0 Å². The van der Waals surface area contributed by atoms with Crippen LogP contribution in [-0.2, 0) is 4.74 Å². The molecule has 0 N–H and O–H groups in total. The second-order valence-electron chi connectivity index (χ2n) is 14.9. The summed E-state index contributed by atoms with van der Waals surface area (Å²) in [4.78, 5) is 0. The van der Waals surface area contributed by atoms with Crippen LogP contribution in [0.3, 0.4) is 0 Å². The largest absolute Gasteiger partial charge is 0.329 e. The Morgan fingerprint density at radius 2 is 0.652 bits per heavy atom. The van der Waals surface area contributed by atoms with Gasteiger partial charge in [0.25, 0.3) is 0 Å². The Kier molecular flexibility index (Phi) is 30.7. The molecule has 0 aliphatic rings. The molecule has 0 aliphatic carbocycles. The number of ether oxygens (including phenoxy) is 1. The molecule has 0 radical (unpaired) electrons. The lowest BCUT2D eigenvalue weighted by molar-refractivity contribution is -0.978. The molecule has 1 aromatic carbocycles. The number of benzene rings is 1. The van der Waals surface area contributed by atoms with Crippen LogP contribution in [0.1, 0.15) is 225 Å². The predicted molar refractivity (Wildman–Crippen MR) is 207 cm³/mol. The first-order chi connectivity index (χ1) is 22.7. The van der Waals surface area contributed by atoms with Gasteiger partial charge in [0.15, 0.2) is 0 Å². The van der Waals surface area contributed by atoms with E-state index in [9.17, 15) is 0 Å². The molecule has 0 amide bonds. The zero-order valence-electron chi connectivity index (χ0n) is 32.2. The van der Waals surface area contributed by atoms with Crippen LogP contribution >= 0.6 is 0 Å². The highest BCUT2D eigenvalue weighted by molar-refractivity contribution is 5.16. The standard InChI is InChI=1S/C44H84NO/c1-5-8-11-14-17-20-23-26-29-35-40-45(44(46-4)43-38-33-32-34-39-43,41-36-30-27-24-21-18-15-12-9-6-2)42-37-31-28-25-22-19-16-13-10-7-3/h32-34,38-39,44H,5-31,35-37,40-42H2,1-4H3/q+1. The topological polar surface area (TPSA) is 9.23 Å². The predicted octanol–water partition coefficient (Wildman–Crippen LogP) is 14.9. The van der Waals surface area contributed by atoms with Gasteiger partial charge in [0, 0.05) is 12.7 Å². The van der Waals surface area contributed by atoms with E-state index in [-0.39, 0.29) is 6.23 Å². The van der Waals surface area contributed by atoms with E-state index in [1.165, 1.54) is 218 Å². The van der Waals surface area contributed by atoms with Gasteiger partial charge in [0.1, 0.15) is 0 Å². The van der Waals surface area contributed by atoms with Gasteiger partial charge in [-0.25, -0.2) is 0 Å². The van der Waals surface area contributed by atoms with Gasteiger partial charge in [-0.3, -0.25) is 4.48 Å². The molecular formula is C44H84NO+. The fourth-order valence-corrected chi connectivity index (χ4v) is 7.72. The molecule has 0 spiro atoms. The van der Waals surface area contributed by atoms with Crippen molar-refractivity contribution in [2.24, 2.45) is 0 Å². The third kappa shape index (κ3) is 22.7. The third-order valence-electron chi connectivity index (χ3n) is 10.7. The zero-order chi connectivity index (χ0) is 33.2. The van der Waals surface area contributed by atoms with Crippen molar-refractivity contribution in [2.45, 2.75) is 220 Å². The maximum absolute atomic E-state index is 6.50. The summed E-state index contributed by atoms with van der Waals surface area (Å²) in [5.74, 6) is 0. The van der Waals surface area contributed by atoms with Crippen LogP contribution in [-0.4, -0.2) is 31.2 Å². The van der Waals surface area contributed by atoms with Crippen molar-refractivity contribution in [1.82, 2.24) is 0 Å². The molecule has 270 valence electrons. The first-order valence-electron chi connectivity index (χ1n) is 21.2. The Labute approximate surface area is 290 Å². The lowest BCUT2D eigenvalue weighted by Crippen LogP contribution is -2.53. The van der Waals surface area contributed by atoms with Gasteiger partial charge in [0.2, 0.25) is 6.23 Å². The molecule has 2 nitrogen and oxygen atoms in total. The second kappa shape index (κ2) is 32.7. The molecule has 0 fully saturated rings. The fraction of sp³-hybridized carbons (Fsp3) is 0.864. The van der Waals surface area contributed by atoms with Crippen molar-refractivity contribution in [1.29, 1.82) is 0 Å². The molecule has 1 rings (SSSR count). The smallest absolute Gasteiger partial charge is 0.219 e. The molecule has 0 saturated carbocycles. The number of methoxy groups -OCH3 is 1. The average Bonchev–Trinajstić information content (AvgIpc) is 3.08. The van der Waals surface area contributed by atoms with Gasteiger partial charge in [-0.15, -0.1) is 0 Å². The van der Waals surface area contributed by atoms with Gasteiger partial charge >= 0.3 is 0 Å². The highest BCUT2D eigenvalue weighted by Gasteiger charge is 2.37. The van der Waals surface area contributed by atoms with Crippen LogP contribution in [0.4, 0.5) is 0 Å². The highest BCUT2D eigenvalue weighted by atomic mass is 16.5. The number of hydrogen-bond donors (Lipinski definition) is 0. The van der Waals surface area contributed by atoms with Crippen LogP contribution in [0.25, 0.3) is 0 Å². The number of rotatable bonds is 36. The zero-order valence-corrected chi connectivity index (χ0v) is 32.2. The van der Waals surface area contributed by atoms with E-state index in [4.69, 9.17) is 4.74 Å². The van der Waals surface area contributed by atoms with Crippen LogP contribution in [0.5, 0.6) is 0 Å². The number of quaternary nitrogens is 1. The van der Waals surface area contributed by atoms with E-state index < -0.39 is 0 Å². The first kappa shape index (κ1) is 43.2. The minimum atomic E-state index is 0.164. The van der Waals surface area contributed by atoms with E-state index in [0.29, 0.717) is 0 Å². The monoisotopic (exact) mass is 643 g/mol. The molecule has 2 heteroatoms. The maximum atomic E-state index is 6.50. The second-order valence-corrected chi connectivity index (χ2v) is 14.9. The van der Waals surface area contributed by atoms with E-state index in [2.05, 4.69) is 51.1 Å². The lowest BCUT2D eigenvalue weighted by atomic mass is 10.0. The first-order valence-corrected chi connectivity index (χ1v) is 21.2. The maximum Gasteiger partial charge on any atom is 0.219 e. The highest BCUT2D eigenvalue weighted by Crippen LogP contribution is 2.33. The quantitative estimate of drug-likeness (QED) is 0.0402. The fourth-order valence-electron chi connectivity index (χ4n) is 7.72. The molecule has 0 heterocycles. The van der Waals surface area contributed by atoms with Crippen LogP contribution < -0.4 is 0 Å². The number of nitrogens with zero attached hydrogens (tertiary/aromatic N) is 1. The Hall–Kier alpha value is -0.860.